The number of unbranched alkanes of at least 4 members (excludes halogenated alkanes) is 2. The number of hydrogen-bond donors (Lipinski definition) is 2. The Balaban J connectivity index is 1.54. The molecule has 0 heterocycles. The van der Waals surface area contributed by atoms with E-state index in [1.54, 1.807) is 26.6 Å². The number of carbonyl (C=O) groups is 2. The van der Waals surface area contributed by atoms with Crippen molar-refractivity contribution in [1.29, 1.82) is 0 Å². The molecule has 2 N–H and O–H groups in total. The maximum atomic E-state index is 11.8. The fraction of sp³-hybridized carbons (Fsp3) is 0.304. The van der Waals surface area contributed by atoms with Gasteiger partial charge in [-0.15, -0.1) is 0 Å². The molecule has 2 rings (SSSR count). The first-order valence-electron chi connectivity index (χ1n) is 10.0. The van der Waals surface area contributed by atoms with Gasteiger partial charge in [0.15, 0.2) is 0 Å². The summed E-state index contributed by atoms with van der Waals surface area (Å²) in [4.78, 5) is 23.6. The predicted molar refractivity (Wildman–Crippen MR) is 121 cm³/mol. The molecule has 0 radical (unpaired) electrons. The van der Waals surface area contributed by atoms with E-state index < -0.39 is 0 Å². The van der Waals surface area contributed by atoms with Gasteiger partial charge >= 0.3 is 0 Å². The molecular weight excluding hydrogens is 396 g/mol. The Bertz CT molecular complexity index is 804. The Labute approximate surface area is 182 Å². The van der Waals surface area contributed by atoms with E-state index >= 15 is 0 Å². The zero-order valence-electron chi connectivity index (χ0n) is 17.8. The number of benzene rings is 2. The molecule has 31 heavy (non-hydrogen) atoms. The van der Waals surface area contributed by atoms with Gasteiger partial charge in [0.2, 0.25) is 11.8 Å². The van der Waals surface area contributed by atoms with Gasteiger partial charge in [-0.1, -0.05) is 6.42 Å². The average Bonchev–Trinajstić information content (AvgIpc) is 2.80. The molecule has 0 aromatic heterocycles. The van der Waals surface area contributed by atoms with E-state index in [2.05, 4.69) is 21.1 Å². The molecule has 164 valence electrons. The lowest BCUT2D eigenvalue weighted by Crippen LogP contribution is -2.18. The van der Waals surface area contributed by atoms with Gasteiger partial charge in [0.05, 0.1) is 26.6 Å². The minimum atomic E-state index is -0.154. The third-order valence-electron chi connectivity index (χ3n) is 4.35. The second-order valence-electron chi connectivity index (χ2n) is 6.69. The van der Waals surface area contributed by atoms with E-state index in [4.69, 9.17) is 9.47 Å². The zero-order valence-corrected chi connectivity index (χ0v) is 17.8. The Hall–Kier alpha value is -3.68. The van der Waals surface area contributed by atoms with Crippen LogP contribution in [0.3, 0.4) is 0 Å². The van der Waals surface area contributed by atoms with Crippen LogP contribution >= 0.6 is 0 Å². The molecule has 0 fully saturated rings. The number of methoxy groups -OCH3 is 2. The average molecular weight is 425 g/mol. The highest BCUT2D eigenvalue weighted by Crippen LogP contribution is 2.10. The van der Waals surface area contributed by atoms with Crippen LogP contribution < -0.4 is 20.3 Å². The summed E-state index contributed by atoms with van der Waals surface area (Å²) in [7, 11) is 3.21. The maximum Gasteiger partial charge on any atom is 0.240 e. The Morgan fingerprint density at radius 3 is 1.45 bits per heavy atom. The van der Waals surface area contributed by atoms with Crippen LogP contribution in [0.2, 0.25) is 0 Å². The standard InChI is InChI=1S/C23H28N4O4/c1-30-20-12-8-18(9-13-20)16-24-26-22(28)6-4-3-5-7-23(29)27-25-17-19-10-14-21(31-2)15-11-19/h8-17H,3-7H2,1-2H3,(H,26,28)(H,27,29)/b24-16+,25-17+. The lowest BCUT2D eigenvalue weighted by atomic mass is 10.1. The molecule has 0 aliphatic carbocycles. The third kappa shape index (κ3) is 9.58. The minimum absolute atomic E-state index is 0.154. The summed E-state index contributed by atoms with van der Waals surface area (Å²) >= 11 is 0. The number of ether oxygens (including phenoxy) is 2. The quantitative estimate of drug-likeness (QED) is 0.310. The van der Waals surface area contributed by atoms with E-state index in [0.717, 1.165) is 29.0 Å². The molecule has 2 aromatic rings. The molecular formula is C23H28N4O4. The van der Waals surface area contributed by atoms with E-state index in [1.807, 2.05) is 48.5 Å². The summed E-state index contributed by atoms with van der Waals surface area (Å²) in [6, 6.07) is 14.7. The van der Waals surface area contributed by atoms with Gasteiger partial charge in [-0.3, -0.25) is 9.59 Å². The van der Waals surface area contributed by atoms with Crippen molar-refractivity contribution >= 4 is 24.2 Å². The number of nitrogens with one attached hydrogen (secondary N) is 2. The predicted octanol–water partition coefficient (Wildman–Crippen LogP) is 3.25. The van der Waals surface area contributed by atoms with Crippen LogP contribution in [0.25, 0.3) is 0 Å². The van der Waals surface area contributed by atoms with Crippen molar-refractivity contribution in [3.05, 3.63) is 59.7 Å². The summed E-state index contributed by atoms with van der Waals surface area (Å²) in [6.45, 7) is 0. The van der Waals surface area contributed by atoms with Crippen LogP contribution in [-0.2, 0) is 9.59 Å². The molecule has 2 aromatic carbocycles. The summed E-state index contributed by atoms with van der Waals surface area (Å²) in [5, 5.41) is 7.88. The molecule has 0 bridgehead atoms. The normalized spacial score (nSPS) is 10.9. The van der Waals surface area contributed by atoms with Crippen LogP contribution in [0, 0.1) is 0 Å². The van der Waals surface area contributed by atoms with E-state index in [9.17, 15) is 9.59 Å². The van der Waals surface area contributed by atoms with Crippen molar-refractivity contribution in [3.63, 3.8) is 0 Å². The van der Waals surface area contributed by atoms with Gasteiger partial charge in [-0.25, -0.2) is 10.9 Å². The first-order valence-corrected chi connectivity index (χ1v) is 10.0. The van der Waals surface area contributed by atoms with Crippen LogP contribution in [0.5, 0.6) is 11.5 Å². The van der Waals surface area contributed by atoms with Crippen molar-refractivity contribution in [3.8, 4) is 11.5 Å². The van der Waals surface area contributed by atoms with Crippen molar-refractivity contribution in [1.82, 2.24) is 10.9 Å². The number of hydrazone groups is 2. The van der Waals surface area contributed by atoms with Crippen molar-refractivity contribution in [2.75, 3.05) is 14.2 Å². The van der Waals surface area contributed by atoms with E-state index in [0.29, 0.717) is 25.7 Å². The minimum Gasteiger partial charge on any atom is -0.497 e. The van der Waals surface area contributed by atoms with Crippen molar-refractivity contribution in [2.24, 2.45) is 10.2 Å². The topological polar surface area (TPSA) is 101 Å². The number of amides is 2. The van der Waals surface area contributed by atoms with E-state index in [1.165, 1.54) is 0 Å². The fourth-order valence-corrected chi connectivity index (χ4v) is 2.60. The van der Waals surface area contributed by atoms with Gasteiger partial charge in [0, 0.05) is 12.8 Å². The molecule has 0 unspecified atom stereocenters. The van der Waals surface area contributed by atoms with Gasteiger partial charge < -0.3 is 9.47 Å². The van der Waals surface area contributed by atoms with Crippen molar-refractivity contribution in [2.45, 2.75) is 32.1 Å². The molecule has 0 saturated carbocycles. The summed E-state index contributed by atoms with van der Waals surface area (Å²) in [5.41, 5.74) is 6.73. The first kappa shape index (κ1) is 23.6. The van der Waals surface area contributed by atoms with Crippen LogP contribution in [0.1, 0.15) is 43.2 Å². The lowest BCUT2D eigenvalue weighted by molar-refractivity contribution is -0.121. The molecule has 0 saturated heterocycles. The summed E-state index contributed by atoms with van der Waals surface area (Å²) in [6.07, 6.45) is 6.01. The van der Waals surface area contributed by atoms with Crippen LogP contribution in [-0.4, -0.2) is 38.5 Å². The number of hydrogen-bond acceptors (Lipinski definition) is 6. The lowest BCUT2D eigenvalue weighted by Gasteiger charge is -2.02. The second kappa shape index (κ2) is 13.5. The van der Waals surface area contributed by atoms with Gasteiger partial charge in [0.1, 0.15) is 11.5 Å². The first-order chi connectivity index (χ1) is 15.1. The van der Waals surface area contributed by atoms with Crippen LogP contribution in [0.15, 0.2) is 58.7 Å². The van der Waals surface area contributed by atoms with Gasteiger partial charge in [-0.05, 0) is 72.5 Å². The highest BCUT2D eigenvalue weighted by Gasteiger charge is 2.02. The smallest absolute Gasteiger partial charge is 0.240 e. The van der Waals surface area contributed by atoms with Crippen LogP contribution in [0.4, 0.5) is 0 Å². The Kier molecular flexibility index (Phi) is 10.3. The molecule has 0 atom stereocenters. The molecule has 8 heteroatoms. The second-order valence-corrected chi connectivity index (χ2v) is 6.69. The summed E-state index contributed by atoms with van der Waals surface area (Å²) < 4.78 is 10.2. The summed E-state index contributed by atoms with van der Waals surface area (Å²) in [5.74, 6) is 1.22. The molecule has 0 aliphatic heterocycles. The largest absolute Gasteiger partial charge is 0.497 e. The maximum absolute atomic E-state index is 11.8. The molecule has 2 amide bonds. The molecule has 8 nitrogen and oxygen atoms in total. The number of nitrogens with zero attached hydrogens (tertiary/aromatic N) is 2. The van der Waals surface area contributed by atoms with E-state index in [-0.39, 0.29) is 11.8 Å². The monoisotopic (exact) mass is 424 g/mol. The highest BCUT2D eigenvalue weighted by molar-refractivity contribution is 5.83. The highest BCUT2D eigenvalue weighted by atomic mass is 16.5. The Morgan fingerprint density at radius 2 is 1.10 bits per heavy atom. The number of carbonyl (C=O) groups excluding carboxylic acids is 2. The molecule has 0 spiro atoms. The zero-order chi connectivity index (χ0) is 22.3. The third-order valence-corrected chi connectivity index (χ3v) is 4.35. The van der Waals surface area contributed by atoms with Gasteiger partial charge in [-0.2, -0.15) is 10.2 Å². The SMILES string of the molecule is COc1ccc(/C=N/NC(=O)CCCCCC(=O)N/N=C/c2ccc(OC)cc2)cc1. The number of rotatable bonds is 12. The Morgan fingerprint density at radius 1 is 0.710 bits per heavy atom. The van der Waals surface area contributed by atoms with Gasteiger partial charge in [0.25, 0.3) is 0 Å². The fourth-order valence-electron chi connectivity index (χ4n) is 2.60. The molecule has 0 aliphatic rings. The van der Waals surface area contributed by atoms with Crippen molar-refractivity contribution < 1.29 is 19.1 Å².